The van der Waals surface area contributed by atoms with Crippen molar-refractivity contribution >= 4 is 28.2 Å². The van der Waals surface area contributed by atoms with Crippen LogP contribution in [0.15, 0.2) is 0 Å². The fourth-order valence-corrected chi connectivity index (χ4v) is 3.69. The highest BCUT2D eigenvalue weighted by Gasteiger charge is 2.31. The molecule has 0 radical (unpaired) electrons. The molecule has 118 valence electrons. The van der Waals surface area contributed by atoms with E-state index in [1.807, 2.05) is 0 Å². The van der Waals surface area contributed by atoms with Gasteiger partial charge < -0.3 is 20.6 Å². The maximum absolute atomic E-state index is 12.6. The van der Waals surface area contributed by atoms with E-state index >= 15 is 0 Å². The van der Waals surface area contributed by atoms with Crippen LogP contribution in [0.3, 0.4) is 0 Å². The summed E-state index contributed by atoms with van der Waals surface area (Å²) in [6, 6.07) is 0. The summed E-state index contributed by atoms with van der Waals surface area (Å²) < 4.78 is 0. The van der Waals surface area contributed by atoms with Crippen molar-refractivity contribution in [2.75, 3.05) is 36.8 Å². The number of rotatable bonds is 5. The molecule has 1 saturated heterocycles. The average Bonchev–Trinajstić information content (AvgIpc) is 3.07. The van der Waals surface area contributed by atoms with E-state index in [1.165, 1.54) is 11.3 Å². The van der Waals surface area contributed by atoms with Gasteiger partial charge in [-0.15, -0.1) is 0 Å². The average molecular weight is 312 g/mol. The molecular weight excluding hydrogens is 288 g/mol. The van der Waals surface area contributed by atoms with Gasteiger partial charge in [0.25, 0.3) is 5.91 Å². The summed E-state index contributed by atoms with van der Waals surface area (Å²) >= 11 is 1.36. The first-order valence-electron chi connectivity index (χ1n) is 7.46. The van der Waals surface area contributed by atoms with Crippen molar-refractivity contribution in [1.82, 2.24) is 9.88 Å². The van der Waals surface area contributed by atoms with Crippen LogP contribution in [0.25, 0.3) is 0 Å². The molecule has 2 unspecified atom stereocenters. The number of hydrogen-bond donors (Lipinski definition) is 2. The van der Waals surface area contributed by atoms with E-state index in [9.17, 15) is 9.90 Å². The lowest BCUT2D eigenvalue weighted by molar-refractivity contribution is 0.0768. The van der Waals surface area contributed by atoms with Gasteiger partial charge in [-0.3, -0.25) is 4.79 Å². The van der Waals surface area contributed by atoms with Gasteiger partial charge in [0.2, 0.25) is 0 Å². The maximum Gasteiger partial charge on any atom is 0.267 e. The lowest BCUT2D eigenvalue weighted by Gasteiger charge is -2.17. The molecule has 1 fully saturated rings. The van der Waals surface area contributed by atoms with Crippen LogP contribution in [-0.4, -0.2) is 53.2 Å². The molecule has 1 aliphatic rings. The van der Waals surface area contributed by atoms with Crippen molar-refractivity contribution in [3.63, 3.8) is 0 Å². The molecule has 3 N–H and O–H groups in total. The Morgan fingerprint density at radius 3 is 2.76 bits per heavy atom. The number of carbonyl (C=O) groups excluding carboxylic acids is 1. The summed E-state index contributed by atoms with van der Waals surface area (Å²) in [5.74, 6) is 0.407. The summed E-state index contributed by atoms with van der Waals surface area (Å²) in [7, 11) is 0. The van der Waals surface area contributed by atoms with Crippen molar-refractivity contribution in [2.24, 2.45) is 5.92 Å². The fourth-order valence-electron chi connectivity index (χ4n) is 2.61. The number of nitrogens with two attached hydrogens (primary N) is 1. The molecule has 0 aromatic carbocycles. The van der Waals surface area contributed by atoms with E-state index < -0.39 is 0 Å². The van der Waals surface area contributed by atoms with E-state index in [0.29, 0.717) is 23.8 Å². The molecule has 2 heterocycles. The Bertz CT molecular complexity index is 499. The third-order valence-electron chi connectivity index (χ3n) is 4.06. The molecule has 7 heteroatoms. The predicted octanol–water partition coefficient (Wildman–Crippen LogP) is 1.41. The van der Waals surface area contributed by atoms with E-state index in [4.69, 9.17) is 5.73 Å². The first-order chi connectivity index (χ1) is 9.97. The Kier molecular flexibility index (Phi) is 5.05. The molecule has 1 aliphatic heterocycles. The number of nitrogen functional groups attached to an aromatic ring is 1. The quantitative estimate of drug-likeness (QED) is 0.859. The van der Waals surface area contributed by atoms with Crippen LogP contribution >= 0.6 is 11.3 Å². The summed E-state index contributed by atoms with van der Waals surface area (Å²) in [5, 5.41) is 10.4. The third-order valence-corrected chi connectivity index (χ3v) is 5.18. The fraction of sp³-hybridized carbons (Fsp3) is 0.714. The number of anilines is 2. The third kappa shape index (κ3) is 3.29. The van der Waals surface area contributed by atoms with E-state index in [0.717, 1.165) is 24.6 Å². The summed E-state index contributed by atoms with van der Waals surface area (Å²) in [5.41, 5.74) is 5.93. The molecule has 21 heavy (non-hydrogen) atoms. The Hall–Kier alpha value is -1.34. The van der Waals surface area contributed by atoms with Gasteiger partial charge >= 0.3 is 0 Å². The van der Waals surface area contributed by atoms with Crippen molar-refractivity contribution in [3.05, 3.63) is 4.88 Å². The number of aliphatic hydroxyl groups is 1. The number of aliphatic hydroxyl groups excluding tert-OH is 1. The number of thiazole rings is 1. The summed E-state index contributed by atoms with van der Waals surface area (Å²) in [4.78, 5) is 21.3. The van der Waals surface area contributed by atoms with Crippen molar-refractivity contribution < 1.29 is 9.90 Å². The van der Waals surface area contributed by atoms with Gasteiger partial charge in [-0.2, -0.15) is 0 Å². The topological polar surface area (TPSA) is 82.7 Å². The molecule has 1 aromatic heterocycles. The van der Waals surface area contributed by atoms with Gasteiger partial charge in [0.15, 0.2) is 5.13 Å². The van der Waals surface area contributed by atoms with E-state index in [1.54, 1.807) is 11.8 Å². The van der Waals surface area contributed by atoms with Gasteiger partial charge in [-0.25, -0.2) is 4.98 Å². The SMILES string of the molecule is CCN(CC)c1nc(N)c(C(=O)N2CCC(C(C)O)C2)s1. The van der Waals surface area contributed by atoms with Gasteiger partial charge in [0.05, 0.1) is 6.10 Å². The van der Waals surface area contributed by atoms with E-state index in [-0.39, 0.29) is 17.9 Å². The molecule has 1 amide bonds. The van der Waals surface area contributed by atoms with Gasteiger partial charge in [-0.1, -0.05) is 11.3 Å². The van der Waals surface area contributed by atoms with Crippen molar-refractivity contribution in [2.45, 2.75) is 33.3 Å². The zero-order chi connectivity index (χ0) is 15.6. The van der Waals surface area contributed by atoms with Crippen LogP contribution in [0.1, 0.15) is 36.9 Å². The van der Waals surface area contributed by atoms with Crippen LogP contribution in [0, 0.1) is 5.92 Å². The first kappa shape index (κ1) is 16.0. The summed E-state index contributed by atoms with van der Waals surface area (Å²) in [6.45, 7) is 8.82. The van der Waals surface area contributed by atoms with Crippen LogP contribution in [-0.2, 0) is 0 Å². The predicted molar refractivity (Wildman–Crippen MR) is 85.8 cm³/mol. The molecule has 2 rings (SSSR count). The number of aromatic nitrogens is 1. The number of nitrogens with zero attached hydrogens (tertiary/aromatic N) is 3. The highest BCUT2D eigenvalue weighted by molar-refractivity contribution is 7.18. The number of hydrogen-bond acceptors (Lipinski definition) is 6. The monoisotopic (exact) mass is 312 g/mol. The molecule has 2 atom stereocenters. The molecule has 6 nitrogen and oxygen atoms in total. The van der Waals surface area contributed by atoms with Gasteiger partial charge in [-0.05, 0) is 27.2 Å². The van der Waals surface area contributed by atoms with Crippen molar-refractivity contribution in [3.8, 4) is 0 Å². The maximum atomic E-state index is 12.6. The molecule has 0 aliphatic carbocycles. The standard InChI is InChI=1S/C14H24N4O2S/c1-4-17(5-2)14-16-12(15)11(21-14)13(20)18-7-6-10(8-18)9(3)19/h9-10,19H,4-8,15H2,1-3H3. The highest BCUT2D eigenvalue weighted by Crippen LogP contribution is 2.31. The smallest absolute Gasteiger partial charge is 0.267 e. The lowest BCUT2D eigenvalue weighted by Crippen LogP contribution is -2.30. The minimum atomic E-state index is -0.382. The van der Waals surface area contributed by atoms with Crippen LogP contribution in [0.2, 0.25) is 0 Å². The summed E-state index contributed by atoms with van der Waals surface area (Å²) in [6.07, 6.45) is 0.457. The second kappa shape index (κ2) is 6.62. The number of carbonyl (C=O) groups is 1. The molecule has 0 saturated carbocycles. The second-order valence-electron chi connectivity index (χ2n) is 5.42. The minimum absolute atomic E-state index is 0.0634. The molecular formula is C14H24N4O2S. The van der Waals surface area contributed by atoms with Gasteiger partial charge in [0, 0.05) is 32.1 Å². The Labute approximate surface area is 129 Å². The van der Waals surface area contributed by atoms with Crippen LogP contribution < -0.4 is 10.6 Å². The van der Waals surface area contributed by atoms with Crippen LogP contribution in [0.5, 0.6) is 0 Å². The highest BCUT2D eigenvalue weighted by atomic mass is 32.1. The Morgan fingerprint density at radius 2 is 2.24 bits per heavy atom. The molecule has 1 aromatic rings. The number of likely N-dealkylation sites (tertiary alicyclic amines) is 1. The van der Waals surface area contributed by atoms with Gasteiger partial charge in [0.1, 0.15) is 10.7 Å². The lowest BCUT2D eigenvalue weighted by atomic mass is 10.0. The Morgan fingerprint density at radius 1 is 1.57 bits per heavy atom. The van der Waals surface area contributed by atoms with Crippen molar-refractivity contribution in [1.29, 1.82) is 0 Å². The molecule has 0 spiro atoms. The zero-order valence-electron chi connectivity index (χ0n) is 12.9. The zero-order valence-corrected chi connectivity index (χ0v) is 13.7. The van der Waals surface area contributed by atoms with E-state index in [2.05, 4.69) is 23.7 Å². The minimum Gasteiger partial charge on any atom is -0.393 e. The normalized spacial score (nSPS) is 19.8. The number of amides is 1. The first-order valence-corrected chi connectivity index (χ1v) is 8.28. The van der Waals surface area contributed by atoms with Crippen LogP contribution in [0.4, 0.5) is 10.9 Å². The molecule has 0 bridgehead atoms. The Balaban J connectivity index is 2.13. The largest absolute Gasteiger partial charge is 0.393 e. The second-order valence-corrected chi connectivity index (χ2v) is 6.40.